The number of nitrogens with two attached hydrogens (primary N) is 1. The van der Waals surface area contributed by atoms with Gasteiger partial charge in [-0.15, -0.1) is 11.8 Å². The highest BCUT2D eigenvalue weighted by atomic mass is 32.2. The number of hydrogen-bond acceptors (Lipinski definition) is 4. The third-order valence-corrected chi connectivity index (χ3v) is 5.00. The van der Waals surface area contributed by atoms with Crippen LogP contribution in [0.15, 0.2) is 23.1 Å². The van der Waals surface area contributed by atoms with Crippen LogP contribution in [0, 0.1) is 5.41 Å². The van der Waals surface area contributed by atoms with Crippen LogP contribution < -0.4 is 5.73 Å². The molecule has 2 heterocycles. The second-order valence-electron chi connectivity index (χ2n) is 5.08. The molecule has 0 saturated carbocycles. The van der Waals surface area contributed by atoms with E-state index in [4.69, 9.17) is 10.5 Å². The average Bonchev–Trinajstić information content (AvgIpc) is 2.37. The molecule has 0 unspecified atom stereocenters. The summed E-state index contributed by atoms with van der Waals surface area (Å²) in [5.41, 5.74) is 7.38. The molecular weight excluding hydrogens is 246 g/mol. The highest BCUT2D eigenvalue weighted by molar-refractivity contribution is 7.99. The summed E-state index contributed by atoms with van der Waals surface area (Å²) in [6.45, 7) is 1.31. The van der Waals surface area contributed by atoms with Gasteiger partial charge in [-0.2, -0.15) is 0 Å². The van der Waals surface area contributed by atoms with E-state index in [0.717, 1.165) is 12.0 Å². The Kier molecular flexibility index (Phi) is 3.18. The Morgan fingerprint density at radius 2 is 2.28 bits per heavy atom. The molecule has 0 atom stereocenters. The first-order valence-electron chi connectivity index (χ1n) is 6.33. The summed E-state index contributed by atoms with van der Waals surface area (Å²) in [7, 11) is 0. The number of fused-ring (bicyclic) bond motifs is 1. The number of benzene rings is 1. The van der Waals surface area contributed by atoms with Gasteiger partial charge in [-0.05, 0) is 36.3 Å². The third-order valence-electron chi connectivity index (χ3n) is 3.80. The number of thioether (sulfide) groups is 1. The van der Waals surface area contributed by atoms with Crippen molar-refractivity contribution in [3.05, 3.63) is 29.3 Å². The Bertz CT molecular complexity index is 477. The van der Waals surface area contributed by atoms with Gasteiger partial charge in [-0.1, -0.05) is 6.07 Å². The SMILES string of the molecule is NCC1(C(=O)c2ccc3c(c2)CCCS3)COC1. The van der Waals surface area contributed by atoms with Gasteiger partial charge in [-0.3, -0.25) is 4.79 Å². The molecule has 0 aliphatic carbocycles. The summed E-state index contributed by atoms with van der Waals surface area (Å²) in [6.07, 6.45) is 2.27. The first-order chi connectivity index (χ1) is 8.75. The maximum absolute atomic E-state index is 12.5. The van der Waals surface area contributed by atoms with Gasteiger partial charge >= 0.3 is 0 Å². The fraction of sp³-hybridized carbons (Fsp3) is 0.500. The van der Waals surface area contributed by atoms with Gasteiger partial charge in [0.2, 0.25) is 0 Å². The molecular formula is C14H17NO2S. The Balaban J connectivity index is 1.90. The van der Waals surface area contributed by atoms with E-state index in [2.05, 4.69) is 12.1 Å². The Morgan fingerprint density at radius 1 is 1.44 bits per heavy atom. The summed E-state index contributed by atoms with van der Waals surface area (Å²) in [5, 5.41) is 0. The molecule has 2 aliphatic heterocycles. The van der Waals surface area contributed by atoms with Crippen molar-refractivity contribution >= 4 is 17.5 Å². The molecule has 1 saturated heterocycles. The van der Waals surface area contributed by atoms with Crippen LogP contribution in [0.25, 0.3) is 0 Å². The predicted octanol–water partition coefficient (Wildman–Crippen LogP) is 1.88. The molecule has 3 rings (SSSR count). The number of hydrogen-bond donors (Lipinski definition) is 1. The van der Waals surface area contributed by atoms with Crippen molar-refractivity contribution in [1.29, 1.82) is 0 Å². The zero-order valence-electron chi connectivity index (χ0n) is 10.3. The smallest absolute Gasteiger partial charge is 0.174 e. The maximum Gasteiger partial charge on any atom is 0.174 e. The van der Waals surface area contributed by atoms with Gasteiger partial charge in [0.25, 0.3) is 0 Å². The predicted molar refractivity (Wildman–Crippen MR) is 72.1 cm³/mol. The maximum atomic E-state index is 12.5. The van der Waals surface area contributed by atoms with Crippen molar-refractivity contribution in [1.82, 2.24) is 0 Å². The van der Waals surface area contributed by atoms with Crippen LogP contribution in [-0.2, 0) is 11.2 Å². The minimum Gasteiger partial charge on any atom is -0.379 e. The first kappa shape index (κ1) is 12.2. The summed E-state index contributed by atoms with van der Waals surface area (Å²) >= 11 is 1.88. The number of ether oxygens (including phenoxy) is 1. The Morgan fingerprint density at radius 3 is 2.94 bits per heavy atom. The minimum absolute atomic E-state index is 0.148. The van der Waals surface area contributed by atoms with Crippen LogP contribution in [0.1, 0.15) is 22.3 Å². The molecule has 96 valence electrons. The van der Waals surface area contributed by atoms with Crippen molar-refractivity contribution < 1.29 is 9.53 Å². The van der Waals surface area contributed by atoms with Crippen LogP contribution >= 0.6 is 11.8 Å². The van der Waals surface area contributed by atoms with Gasteiger partial charge in [-0.25, -0.2) is 0 Å². The standard InChI is InChI=1S/C14H17NO2S/c15-7-14(8-17-9-14)13(16)11-3-4-12-10(6-11)2-1-5-18-12/h3-4,6H,1-2,5,7-9,15H2. The van der Waals surface area contributed by atoms with Gasteiger partial charge in [0.15, 0.2) is 5.78 Å². The monoisotopic (exact) mass is 263 g/mol. The molecule has 2 aliphatic rings. The lowest BCUT2D eigenvalue weighted by Crippen LogP contribution is -2.54. The fourth-order valence-electron chi connectivity index (χ4n) is 2.50. The number of carbonyl (C=O) groups is 1. The molecule has 1 fully saturated rings. The van der Waals surface area contributed by atoms with Crippen LogP contribution in [0.3, 0.4) is 0 Å². The zero-order chi connectivity index (χ0) is 12.6. The van der Waals surface area contributed by atoms with E-state index < -0.39 is 5.41 Å². The van der Waals surface area contributed by atoms with E-state index in [0.29, 0.717) is 19.8 Å². The molecule has 1 aromatic rings. The molecule has 0 radical (unpaired) electrons. The van der Waals surface area contributed by atoms with Crippen LogP contribution in [0.4, 0.5) is 0 Å². The number of carbonyl (C=O) groups excluding carboxylic acids is 1. The second kappa shape index (κ2) is 4.68. The van der Waals surface area contributed by atoms with E-state index >= 15 is 0 Å². The van der Waals surface area contributed by atoms with E-state index in [1.807, 2.05) is 17.8 Å². The van der Waals surface area contributed by atoms with Crippen molar-refractivity contribution in [2.24, 2.45) is 11.1 Å². The number of ketones is 1. The molecule has 0 bridgehead atoms. The van der Waals surface area contributed by atoms with Crippen LogP contribution in [0.2, 0.25) is 0 Å². The molecule has 1 aromatic carbocycles. The third kappa shape index (κ3) is 1.88. The molecule has 3 nitrogen and oxygen atoms in total. The summed E-state index contributed by atoms with van der Waals surface area (Å²) in [6, 6.07) is 6.07. The molecule has 4 heteroatoms. The molecule has 0 spiro atoms. The van der Waals surface area contributed by atoms with Crippen molar-refractivity contribution in [3.63, 3.8) is 0 Å². The van der Waals surface area contributed by atoms with E-state index in [1.54, 1.807) is 0 Å². The lowest BCUT2D eigenvalue weighted by atomic mass is 9.78. The van der Waals surface area contributed by atoms with E-state index in [9.17, 15) is 4.79 Å². The largest absolute Gasteiger partial charge is 0.379 e. The molecule has 0 aromatic heterocycles. The van der Waals surface area contributed by atoms with Crippen molar-refractivity contribution in [2.45, 2.75) is 17.7 Å². The first-order valence-corrected chi connectivity index (χ1v) is 7.32. The minimum atomic E-state index is -0.462. The van der Waals surface area contributed by atoms with Gasteiger partial charge in [0.1, 0.15) is 0 Å². The normalized spacial score (nSPS) is 20.9. The number of aryl methyl sites for hydroxylation is 1. The van der Waals surface area contributed by atoms with Crippen molar-refractivity contribution in [3.8, 4) is 0 Å². The molecule has 2 N–H and O–H groups in total. The second-order valence-corrected chi connectivity index (χ2v) is 6.22. The lowest BCUT2D eigenvalue weighted by Gasteiger charge is -2.39. The van der Waals surface area contributed by atoms with E-state index in [1.165, 1.54) is 22.6 Å². The quantitative estimate of drug-likeness (QED) is 0.846. The summed E-state index contributed by atoms with van der Waals surface area (Å²) in [4.78, 5) is 13.8. The van der Waals surface area contributed by atoms with Gasteiger partial charge in [0, 0.05) is 17.0 Å². The topological polar surface area (TPSA) is 52.3 Å². The number of rotatable bonds is 3. The molecule has 18 heavy (non-hydrogen) atoms. The Labute approximate surface area is 111 Å². The molecule has 0 amide bonds. The number of Topliss-reactive ketones (excluding diaryl/α,β-unsaturated/α-hetero) is 1. The van der Waals surface area contributed by atoms with Crippen LogP contribution in [-0.4, -0.2) is 31.3 Å². The summed E-state index contributed by atoms with van der Waals surface area (Å²) in [5.74, 6) is 1.33. The highest BCUT2D eigenvalue weighted by Gasteiger charge is 2.44. The van der Waals surface area contributed by atoms with Crippen LogP contribution in [0.5, 0.6) is 0 Å². The van der Waals surface area contributed by atoms with Gasteiger partial charge < -0.3 is 10.5 Å². The highest BCUT2D eigenvalue weighted by Crippen LogP contribution is 2.34. The Hall–Kier alpha value is -0.840. The van der Waals surface area contributed by atoms with Crippen molar-refractivity contribution in [2.75, 3.05) is 25.5 Å². The van der Waals surface area contributed by atoms with Gasteiger partial charge in [0.05, 0.1) is 18.6 Å². The average molecular weight is 263 g/mol. The van der Waals surface area contributed by atoms with E-state index in [-0.39, 0.29) is 5.78 Å². The fourth-order valence-corrected chi connectivity index (χ4v) is 3.52. The summed E-state index contributed by atoms with van der Waals surface area (Å²) < 4.78 is 5.18. The zero-order valence-corrected chi connectivity index (χ0v) is 11.1. The lowest BCUT2D eigenvalue weighted by molar-refractivity contribution is -0.0816.